The Hall–Kier alpha value is -4.08. The highest BCUT2D eigenvalue weighted by Gasteiger charge is 2.53. The maximum Gasteiger partial charge on any atom is 0.405 e. The minimum atomic E-state index is -1.73. The van der Waals surface area contributed by atoms with Crippen molar-refractivity contribution in [3.63, 3.8) is 0 Å². The van der Waals surface area contributed by atoms with E-state index in [1.54, 1.807) is 84.9 Å². The van der Waals surface area contributed by atoms with Gasteiger partial charge in [-0.3, -0.25) is 14.4 Å². The number of aryl methyl sites for hydroxylation is 2. The van der Waals surface area contributed by atoms with E-state index < -0.39 is 40.5 Å². The molecule has 0 aliphatic heterocycles. The lowest BCUT2D eigenvalue weighted by Crippen LogP contribution is -2.65. The van der Waals surface area contributed by atoms with Gasteiger partial charge in [0.25, 0.3) is 5.91 Å². The van der Waals surface area contributed by atoms with E-state index in [9.17, 15) is 24.3 Å². The monoisotopic (exact) mass is 554 g/mol. The number of ether oxygens (including phenoxy) is 1. The fourth-order valence-electron chi connectivity index (χ4n) is 4.60. The Balaban J connectivity index is 2.36. The molecule has 0 aromatic heterocycles. The quantitative estimate of drug-likeness (QED) is 0.303. The average Bonchev–Trinajstić information content (AvgIpc) is 2.81. The first-order valence-corrected chi connectivity index (χ1v) is 13.1. The van der Waals surface area contributed by atoms with Crippen molar-refractivity contribution in [1.82, 2.24) is 16.0 Å². The molecule has 0 aliphatic rings. The van der Waals surface area contributed by atoms with Crippen LogP contribution in [0.1, 0.15) is 69.8 Å². The molecule has 0 bridgehead atoms. The molecule has 0 heterocycles. The van der Waals surface area contributed by atoms with Crippen molar-refractivity contribution in [3.05, 3.63) is 64.7 Å². The summed E-state index contributed by atoms with van der Waals surface area (Å²) in [7, 11) is 0. The van der Waals surface area contributed by atoms with Crippen LogP contribution in [0.5, 0.6) is 5.75 Å². The number of carbonyl (C=O) groups is 4. The Bertz CT molecular complexity index is 1230. The predicted molar refractivity (Wildman–Crippen MR) is 152 cm³/mol. The lowest BCUT2D eigenvalue weighted by molar-refractivity contribution is -0.154. The maximum absolute atomic E-state index is 14.0. The van der Waals surface area contributed by atoms with Gasteiger partial charge >= 0.3 is 6.09 Å². The minimum Gasteiger partial charge on any atom is -0.508 e. The van der Waals surface area contributed by atoms with Crippen molar-refractivity contribution in [2.75, 3.05) is 6.54 Å². The zero-order chi connectivity index (χ0) is 30.5. The smallest absolute Gasteiger partial charge is 0.405 e. The van der Waals surface area contributed by atoms with Crippen LogP contribution in [-0.4, -0.2) is 46.6 Å². The fraction of sp³-hybridized carbons (Fsp3) is 0.467. The molecule has 0 radical (unpaired) electrons. The first-order chi connectivity index (χ1) is 18.4. The second kappa shape index (κ2) is 12.4. The molecule has 0 unspecified atom stereocenters. The summed E-state index contributed by atoms with van der Waals surface area (Å²) in [5.41, 5.74) is 4.64. The van der Waals surface area contributed by atoms with Crippen molar-refractivity contribution in [2.45, 2.75) is 79.0 Å². The predicted octanol–water partition coefficient (Wildman–Crippen LogP) is 3.32. The number of nitrogens with two attached hydrogens (primary N) is 1. The zero-order valence-electron chi connectivity index (χ0n) is 24.6. The molecule has 4 amide bonds. The third-order valence-electron chi connectivity index (χ3n) is 6.86. The van der Waals surface area contributed by atoms with Crippen molar-refractivity contribution >= 4 is 23.8 Å². The van der Waals surface area contributed by atoms with E-state index in [4.69, 9.17) is 10.5 Å². The minimum absolute atomic E-state index is 0.00424. The number of aromatic hydroxyl groups is 1. The van der Waals surface area contributed by atoms with E-state index >= 15 is 0 Å². The Morgan fingerprint density at radius 2 is 1.52 bits per heavy atom. The van der Waals surface area contributed by atoms with Crippen LogP contribution < -0.4 is 21.7 Å². The van der Waals surface area contributed by atoms with E-state index in [-0.39, 0.29) is 24.6 Å². The van der Waals surface area contributed by atoms with Gasteiger partial charge in [0, 0.05) is 25.3 Å². The van der Waals surface area contributed by atoms with E-state index in [0.29, 0.717) is 5.56 Å². The molecular formula is C30H42N4O6. The number of benzene rings is 2. The summed E-state index contributed by atoms with van der Waals surface area (Å²) in [6.45, 7) is 13.7. The number of hydrogen-bond acceptors (Lipinski definition) is 6. The van der Waals surface area contributed by atoms with Gasteiger partial charge in [-0.25, -0.2) is 4.79 Å². The fourth-order valence-corrected chi connectivity index (χ4v) is 4.60. The van der Waals surface area contributed by atoms with Gasteiger partial charge in [0.2, 0.25) is 17.4 Å². The SMILES string of the molecule is CC(=O)N[C@H](C(=O)NCC(C)(C)NC(=O)[C@@](Cc1c(C)cc(O)cc1C)(OC(N)=O)C(C)(C)C)c1ccccc1. The van der Waals surface area contributed by atoms with Crippen molar-refractivity contribution in [2.24, 2.45) is 11.1 Å². The van der Waals surface area contributed by atoms with Crippen LogP contribution in [-0.2, 0) is 25.5 Å². The van der Waals surface area contributed by atoms with E-state index in [2.05, 4.69) is 16.0 Å². The highest BCUT2D eigenvalue weighted by atomic mass is 16.6. The van der Waals surface area contributed by atoms with Crippen molar-refractivity contribution < 1.29 is 29.0 Å². The van der Waals surface area contributed by atoms with Gasteiger partial charge < -0.3 is 31.5 Å². The van der Waals surface area contributed by atoms with E-state index in [1.807, 2.05) is 6.07 Å². The Labute approximate surface area is 236 Å². The van der Waals surface area contributed by atoms with E-state index in [1.165, 1.54) is 6.92 Å². The van der Waals surface area contributed by atoms with E-state index in [0.717, 1.165) is 16.7 Å². The lowest BCUT2D eigenvalue weighted by atomic mass is 9.70. The molecule has 2 aromatic carbocycles. The maximum atomic E-state index is 14.0. The van der Waals surface area contributed by atoms with Crippen LogP contribution in [0.15, 0.2) is 42.5 Å². The number of nitrogens with one attached hydrogen (secondary N) is 3. The molecule has 6 N–H and O–H groups in total. The third kappa shape index (κ3) is 7.97. The first kappa shape index (κ1) is 32.1. The molecule has 10 heteroatoms. The number of carbonyl (C=O) groups excluding carboxylic acids is 4. The molecule has 2 atom stereocenters. The topological polar surface area (TPSA) is 160 Å². The zero-order valence-corrected chi connectivity index (χ0v) is 24.6. The van der Waals surface area contributed by atoms with Crippen LogP contribution in [0, 0.1) is 19.3 Å². The third-order valence-corrected chi connectivity index (χ3v) is 6.86. The Morgan fingerprint density at radius 3 is 2.00 bits per heavy atom. The normalized spacial score (nSPS) is 13.9. The van der Waals surface area contributed by atoms with Gasteiger partial charge in [-0.15, -0.1) is 0 Å². The van der Waals surface area contributed by atoms with Crippen LogP contribution >= 0.6 is 0 Å². The Kier molecular flexibility index (Phi) is 9.96. The molecule has 218 valence electrons. The van der Waals surface area contributed by atoms with Crippen molar-refractivity contribution in [3.8, 4) is 5.75 Å². The second-order valence-electron chi connectivity index (χ2n) is 11.8. The standard InChI is InChI=1S/C30H42N4O6/c1-18-14-22(36)15-19(2)23(18)16-30(28(4,5)6,40-27(31)39)26(38)34-29(7,8)17-32-25(37)24(33-20(3)35)21-12-10-9-11-13-21/h9-15,24,36H,16-17H2,1-8H3,(H2,31,39)(H,32,37)(H,33,35)(H,34,38)/t24-,30+/m0/s1. The number of phenolic OH excluding ortho intramolecular Hbond substituents is 1. The number of primary amides is 1. The van der Waals surface area contributed by atoms with Crippen LogP contribution in [0.4, 0.5) is 4.79 Å². The van der Waals surface area contributed by atoms with Gasteiger partial charge in [0.15, 0.2) is 0 Å². The largest absolute Gasteiger partial charge is 0.508 e. The van der Waals surface area contributed by atoms with Gasteiger partial charge in [-0.05, 0) is 62.1 Å². The summed E-state index contributed by atoms with van der Waals surface area (Å²) in [5.74, 6) is -1.32. The summed E-state index contributed by atoms with van der Waals surface area (Å²) < 4.78 is 5.65. The average molecular weight is 555 g/mol. The molecule has 40 heavy (non-hydrogen) atoms. The van der Waals surface area contributed by atoms with Gasteiger partial charge in [-0.1, -0.05) is 51.1 Å². The van der Waals surface area contributed by atoms with Crippen LogP contribution in [0.3, 0.4) is 0 Å². The summed E-state index contributed by atoms with van der Waals surface area (Å²) in [4.78, 5) is 51.1. The molecule has 0 saturated carbocycles. The molecule has 0 aliphatic carbocycles. The molecule has 2 aromatic rings. The van der Waals surface area contributed by atoms with Gasteiger partial charge in [-0.2, -0.15) is 0 Å². The Morgan fingerprint density at radius 1 is 0.975 bits per heavy atom. The summed E-state index contributed by atoms with van der Waals surface area (Å²) >= 11 is 0. The second-order valence-corrected chi connectivity index (χ2v) is 11.8. The van der Waals surface area contributed by atoms with Crippen LogP contribution in [0.25, 0.3) is 0 Å². The lowest BCUT2D eigenvalue weighted by Gasteiger charge is -2.44. The van der Waals surface area contributed by atoms with Gasteiger partial charge in [0.1, 0.15) is 11.8 Å². The number of hydrogen-bond donors (Lipinski definition) is 5. The number of rotatable bonds is 10. The summed E-state index contributed by atoms with van der Waals surface area (Å²) in [6.07, 6.45) is -1.10. The number of amides is 4. The van der Waals surface area contributed by atoms with Crippen molar-refractivity contribution in [1.29, 1.82) is 0 Å². The summed E-state index contributed by atoms with van der Waals surface area (Å²) in [6, 6.07) is 11.1. The highest BCUT2D eigenvalue weighted by molar-refractivity contribution is 5.90. The molecule has 10 nitrogen and oxygen atoms in total. The van der Waals surface area contributed by atoms with Crippen LogP contribution in [0.2, 0.25) is 0 Å². The molecule has 0 saturated heterocycles. The number of phenols is 1. The highest BCUT2D eigenvalue weighted by Crippen LogP contribution is 2.39. The summed E-state index contributed by atoms with van der Waals surface area (Å²) in [5, 5.41) is 18.4. The molecule has 0 fully saturated rings. The van der Waals surface area contributed by atoms with Gasteiger partial charge in [0.05, 0.1) is 5.54 Å². The first-order valence-electron chi connectivity index (χ1n) is 13.1. The molecular weight excluding hydrogens is 512 g/mol. The molecule has 2 rings (SSSR count). The molecule has 0 spiro atoms.